The highest BCUT2D eigenvalue weighted by Crippen LogP contribution is 2.23. The first-order valence-corrected chi connectivity index (χ1v) is 5.04. The average Bonchev–Trinajstić information content (AvgIpc) is 2.27. The number of hydrogen-bond acceptors (Lipinski definition) is 1. The molecule has 0 saturated carbocycles. The summed E-state index contributed by atoms with van der Waals surface area (Å²) in [7, 11) is 0. The van der Waals surface area contributed by atoms with Crippen molar-refractivity contribution in [1.29, 1.82) is 0 Å². The van der Waals surface area contributed by atoms with Crippen molar-refractivity contribution in [2.24, 2.45) is 0 Å². The van der Waals surface area contributed by atoms with Gasteiger partial charge >= 0.3 is 0 Å². The van der Waals surface area contributed by atoms with Crippen LogP contribution in [0.15, 0.2) is 42.5 Å². The zero-order chi connectivity index (χ0) is 9.97. The van der Waals surface area contributed by atoms with Gasteiger partial charge in [0, 0.05) is 6.04 Å². The number of hydrogen-bond donors (Lipinski definition) is 1. The third kappa shape index (κ3) is 1.61. The molecular formula is C12H12ClN. The van der Waals surface area contributed by atoms with Gasteiger partial charge in [0.25, 0.3) is 0 Å². The minimum Gasteiger partial charge on any atom is -0.226 e. The molecule has 1 atom stereocenters. The maximum atomic E-state index is 5.64. The van der Waals surface area contributed by atoms with E-state index in [1.807, 2.05) is 12.1 Å². The quantitative estimate of drug-likeness (QED) is 0.739. The minimum atomic E-state index is 0.169. The summed E-state index contributed by atoms with van der Waals surface area (Å²) in [5.74, 6) is 0. The Labute approximate surface area is 88.8 Å². The fraction of sp³-hybridized carbons (Fsp3) is 0.167. The Morgan fingerprint density at radius 1 is 1.07 bits per heavy atom. The number of halogens is 1. The van der Waals surface area contributed by atoms with Gasteiger partial charge in [-0.2, -0.15) is 0 Å². The largest absolute Gasteiger partial charge is 0.226 e. The molecule has 0 fully saturated rings. The van der Waals surface area contributed by atoms with Crippen molar-refractivity contribution >= 4 is 22.5 Å². The number of benzene rings is 2. The lowest BCUT2D eigenvalue weighted by Gasteiger charge is -2.11. The Morgan fingerprint density at radius 3 is 2.57 bits per heavy atom. The van der Waals surface area contributed by atoms with Crippen molar-refractivity contribution in [3.8, 4) is 0 Å². The Hall–Kier alpha value is -1.05. The monoisotopic (exact) mass is 205 g/mol. The third-order valence-electron chi connectivity index (χ3n) is 2.45. The van der Waals surface area contributed by atoms with Crippen LogP contribution in [0.5, 0.6) is 0 Å². The van der Waals surface area contributed by atoms with Crippen LogP contribution in [0.1, 0.15) is 18.5 Å². The topological polar surface area (TPSA) is 12.0 Å². The highest BCUT2D eigenvalue weighted by molar-refractivity contribution is 6.13. The van der Waals surface area contributed by atoms with E-state index in [-0.39, 0.29) is 6.04 Å². The summed E-state index contributed by atoms with van der Waals surface area (Å²) in [6.07, 6.45) is 0. The maximum absolute atomic E-state index is 5.64. The molecule has 14 heavy (non-hydrogen) atoms. The summed E-state index contributed by atoms with van der Waals surface area (Å²) in [6, 6.07) is 14.8. The van der Waals surface area contributed by atoms with Crippen molar-refractivity contribution in [1.82, 2.24) is 4.84 Å². The van der Waals surface area contributed by atoms with Crippen molar-refractivity contribution in [2.75, 3.05) is 0 Å². The van der Waals surface area contributed by atoms with Crippen LogP contribution in [0.3, 0.4) is 0 Å². The van der Waals surface area contributed by atoms with E-state index in [0.717, 1.165) is 0 Å². The van der Waals surface area contributed by atoms with E-state index in [1.54, 1.807) is 0 Å². The first-order chi connectivity index (χ1) is 6.83. The first-order valence-electron chi connectivity index (χ1n) is 4.67. The van der Waals surface area contributed by atoms with E-state index < -0.39 is 0 Å². The molecule has 0 aliphatic rings. The average molecular weight is 206 g/mol. The molecule has 0 aliphatic heterocycles. The van der Waals surface area contributed by atoms with Crippen LogP contribution in [-0.4, -0.2) is 0 Å². The summed E-state index contributed by atoms with van der Waals surface area (Å²) in [4.78, 5) is 2.75. The van der Waals surface area contributed by atoms with Gasteiger partial charge in [-0.15, -0.1) is 0 Å². The van der Waals surface area contributed by atoms with Crippen molar-refractivity contribution < 1.29 is 0 Å². The van der Waals surface area contributed by atoms with E-state index in [1.165, 1.54) is 16.3 Å². The standard InChI is InChI=1S/C12H12ClN/c1-9(14-13)11-8-4-6-10-5-2-3-7-12(10)11/h2-9,14H,1H3/t9-/m0/s1. The molecule has 72 valence electrons. The second-order valence-electron chi connectivity index (χ2n) is 3.40. The van der Waals surface area contributed by atoms with Crippen LogP contribution in [0, 0.1) is 0 Å². The molecule has 0 bridgehead atoms. The zero-order valence-electron chi connectivity index (χ0n) is 8.00. The lowest BCUT2D eigenvalue weighted by atomic mass is 10.0. The van der Waals surface area contributed by atoms with Gasteiger partial charge in [-0.05, 0) is 35.0 Å². The van der Waals surface area contributed by atoms with Gasteiger partial charge in [0.1, 0.15) is 0 Å². The van der Waals surface area contributed by atoms with Gasteiger partial charge < -0.3 is 0 Å². The summed E-state index contributed by atoms with van der Waals surface area (Å²) >= 11 is 5.64. The molecule has 0 radical (unpaired) electrons. The van der Waals surface area contributed by atoms with Crippen LogP contribution >= 0.6 is 11.8 Å². The maximum Gasteiger partial charge on any atom is 0.0448 e. The van der Waals surface area contributed by atoms with E-state index in [2.05, 4.69) is 42.1 Å². The number of rotatable bonds is 2. The predicted molar refractivity (Wildman–Crippen MR) is 61.4 cm³/mol. The van der Waals surface area contributed by atoms with Crippen molar-refractivity contribution in [3.05, 3.63) is 48.0 Å². The fourth-order valence-electron chi connectivity index (χ4n) is 1.69. The van der Waals surface area contributed by atoms with E-state index in [9.17, 15) is 0 Å². The molecule has 0 amide bonds. The highest BCUT2D eigenvalue weighted by atomic mass is 35.5. The van der Waals surface area contributed by atoms with Gasteiger partial charge in [0.15, 0.2) is 0 Å². The first kappa shape index (κ1) is 9.50. The molecule has 2 aromatic carbocycles. The SMILES string of the molecule is C[C@H](NCl)c1cccc2ccccc12. The van der Waals surface area contributed by atoms with E-state index in [0.29, 0.717) is 0 Å². The Bertz CT molecular complexity index is 434. The fourth-order valence-corrected chi connectivity index (χ4v) is 1.80. The molecule has 0 spiro atoms. The van der Waals surface area contributed by atoms with Crippen LogP contribution in [0.4, 0.5) is 0 Å². The molecule has 2 rings (SSSR count). The van der Waals surface area contributed by atoms with Gasteiger partial charge in [0.2, 0.25) is 0 Å². The molecular weight excluding hydrogens is 194 g/mol. The van der Waals surface area contributed by atoms with Gasteiger partial charge in [0.05, 0.1) is 0 Å². The molecule has 0 heterocycles. The Morgan fingerprint density at radius 2 is 1.79 bits per heavy atom. The van der Waals surface area contributed by atoms with Crippen LogP contribution in [0.2, 0.25) is 0 Å². The van der Waals surface area contributed by atoms with Gasteiger partial charge in [-0.1, -0.05) is 42.5 Å². The zero-order valence-corrected chi connectivity index (χ0v) is 8.75. The summed E-state index contributed by atoms with van der Waals surface area (Å²) < 4.78 is 0. The Balaban J connectivity index is 2.65. The molecule has 0 aromatic heterocycles. The van der Waals surface area contributed by atoms with E-state index >= 15 is 0 Å². The van der Waals surface area contributed by atoms with Crippen LogP contribution in [-0.2, 0) is 0 Å². The second kappa shape index (κ2) is 3.99. The molecule has 0 aliphatic carbocycles. The van der Waals surface area contributed by atoms with Crippen LogP contribution < -0.4 is 4.84 Å². The summed E-state index contributed by atoms with van der Waals surface area (Å²) in [5, 5.41) is 2.51. The van der Waals surface area contributed by atoms with Gasteiger partial charge in [-0.25, -0.2) is 4.84 Å². The molecule has 0 saturated heterocycles. The molecule has 2 aromatic rings. The van der Waals surface area contributed by atoms with E-state index in [4.69, 9.17) is 11.8 Å². The lowest BCUT2D eigenvalue weighted by molar-refractivity contribution is 0.752. The second-order valence-corrected chi connectivity index (χ2v) is 3.62. The Kier molecular flexibility index (Phi) is 2.71. The number of fused-ring (bicyclic) bond motifs is 1. The number of nitrogens with one attached hydrogen (secondary N) is 1. The third-order valence-corrected chi connectivity index (χ3v) is 2.78. The van der Waals surface area contributed by atoms with Crippen molar-refractivity contribution in [3.63, 3.8) is 0 Å². The summed E-state index contributed by atoms with van der Waals surface area (Å²) in [6.45, 7) is 2.05. The van der Waals surface area contributed by atoms with Gasteiger partial charge in [-0.3, -0.25) is 0 Å². The normalized spacial score (nSPS) is 13.0. The van der Waals surface area contributed by atoms with Crippen molar-refractivity contribution in [2.45, 2.75) is 13.0 Å². The summed E-state index contributed by atoms with van der Waals surface area (Å²) in [5.41, 5.74) is 1.23. The van der Waals surface area contributed by atoms with Crippen LogP contribution in [0.25, 0.3) is 10.8 Å². The lowest BCUT2D eigenvalue weighted by Crippen LogP contribution is -2.06. The molecule has 1 N–H and O–H groups in total. The molecule has 1 nitrogen and oxygen atoms in total. The smallest absolute Gasteiger partial charge is 0.0448 e. The predicted octanol–water partition coefficient (Wildman–Crippen LogP) is 3.64. The minimum absolute atomic E-state index is 0.169. The highest BCUT2D eigenvalue weighted by Gasteiger charge is 2.06. The molecule has 0 unspecified atom stereocenters. The molecule has 2 heteroatoms.